The van der Waals surface area contributed by atoms with Crippen molar-refractivity contribution in [3.05, 3.63) is 59.7 Å². The van der Waals surface area contributed by atoms with Crippen molar-refractivity contribution in [1.29, 1.82) is 0 Å². The number of hydrogen-bond acceptors (Lipinski definition) is 7. The normalized spacial score (nSPS) is 11.0. The van der Waals surface area contributed by atoms with Gasteiger partial charge in [-0.25, -0.2) is 0 Å². The fraction of sp³-hybridized carbons (Fsp3) is 0.300. The number of benzene rings is 2. The second-order valence-electron chi connectivity index (χ2n) is 5.49. The van der Waals surface area contributed by atoms with Crippen LogP contribution >= 0.6 is 0 Å². The maximum absolute atomic E-state index is 12.1. The Hall–Kier alpha value is -2.58. The van der Waals surface area contributed by atoms with Gasteiger partial charge in [-0.15, -0.1) is 0 Å². The largest absolute Gasteiger partial charge is 0.457 e. The fourth-order valence-electron chi connectivity index (χ4n) is 2.40. The van der Waals surface area contributed by atoms with Crippen molar-refractivity contribution in [2.24, 2.45) is 0 Å². The minimum Gasteiger partial charge on any atom is -0.457 e. The van der Waals surface area contributed by atoms with Crippen LogP contribution in [0.4, 0.5) is 0 Å². The first kappa shape index (κ1) is 20.7. The molecular weight excluding hydrogens is 352 g/mol. The van der Waals surface area contributed by atoms with Crippen molar-refractivity contribution >= 4 is 11.6 Å². The Balaban J connectivity index is 2.05. The molecule has 0 saturated carbocycles. The van der Waals surface area contributed by atoms with Crippen LogP contribution in [0.5, 0.6) is 11.5 Å². The lowest BCUT2D eigenvalue weighted by Crippen LogP contribution is -2.24. The standard InChI is InChI=1S/C20H22O7/c1-23-19(24-2)17(21)13-5-9-15(10-6-13)27-16-11-7-14(8-12-16)18(22)20(25-3)26-4/h5-12,19-20H,1-4H3. The van der Waals surface area contributed by atoms with Crippen molar-refractivity contribution in [1.82, 2.24) is 0 Å². The van der Waals surface area contributed by atoms with Crippen molar-refractivity contribution in [2.75, 3.05) is 28.4 Å². The molecule has 0 spiro atoms. The van der Waals surface area contributed by atoms with Gasteiger partial charge in [0.1, 0.15) is 11.5 Å². The van der Waals surface area contributed by atoms with Crippen LogP contribution < -0.4 is 4.74 Å². The van der Waals surface area contributed by atoms with Gasteiger partial charge in [0.2, 0.25) is 24.1 Å². The van der Waals surface area contributed by atoms with Gasteiger partial charge < -0.3 is 23.7 Å². The molecule has 0 aliphatic heterocycles. The molecule has 2 aromatic carbocycles. The first-order valence-corrected chi connectivity index (χ1v) is 8.11. The van der Waals surface area contributed by atoms with E-state index in [-0.39, 0.29) is 11.6 Å². The zero-order valence-corrected chi connectivity index (χ0v) is 15.6. The van der Waals surface area contributed by atoms with E-state index in [4.69, 9.17) is 23.7 Å². The molecule has 7 heteroatoms. The summed E-state index contributed by atoms with van der Waals surface area (Å²) in [6.45, 7) is 0. The van der Waals surface area contributed by atoms with E-state index in [2.05, 4.69) is 0 Å². The average Bonchev–Trinajstić information content (AvgIpc) is 2.71. The van der Waals surface area contributed by atoms with Gasteiger partial charge in [-0.1, -0.05) is 0 Å². The number of carbonyl (C=O) groups excluding carboxylic acids is 2. The maximum Gasteiger partial charge on any atom is 0.222 e. The topological polar surface area (TPSA) is 80.3 Å². The van der Waals surface area contributed by atoms with Gasteiger partial charge in [0.15, 0.2) is 0 Å². The number of methoxy groups -OCH3 is 4. The molecule has 2 aromatic rings. The van der Waals surface area contributed by atoms with Gasteiger partial charge in [-0.3, -0.25) is 9.59 Å². The molecule has 0 atom stereocenters. The van der Waals surface area contributed by atoms with E-state index in [1.54, 1.807) is 48.5 Å². The number of rotatable bonds is 10. The highest BCUT2D eigenvalue weighted by atomic mass is 16.7. The fourth-order valence-corrected chi connectivity index (χ4v) is 2.40. The zero-order valence-electron chi connectivity index (χ0n) is 15.6. The maximum atomic E-state index is 12.1. The molecule has 0 radical (unpaired) electrons. The highest BCUT2D eigenvalue weighted by Crippen LogP contribution is 2.23. The molecule has 0 amide bonds. The van der Waals surface area contributed by atoms with Crippen molar-refractivity contribution in [3.63, 3.8) is 0 Å². The molecule has 27 heavy (non-hydrogen) atoms. The van der Waals surface area contributed by atoms with Crippen molar-refractivity contribution in [2.45, 2.75) is 12.6 Å². The zero-order chi connectivity index (χ0) is 19.8. The Morgan fingerprint density at radius 3 is 1.15 bits per heavy atom. The third kappa shape index (κ3) is 5.21. The van der Waals surface area contributed by atoms with E-state index >= 15 is 0 Å². The van der Waals surface area contributed by atoms with Gasteiger partial charge in [-0.05, 0) is 48.5 Å². The summed E-state index contributed by atoms with van der Waals surface area (Å²) in [5.41, 5.74) is 0.893. The van der Waals surface area contributed by atoms with Crippen LogP contribution in [-0.2, 0) is 18.9 Å². The summed E-state index contributed by atoms with van der Waals surface area (Å²) in [5.74, 6) is 0.535. The molecule has 0 fully saturated rings. The molecule has 0 heterocycles. The second-order valence-corrected chi connectivity index (χ2v) is 5.49. The van der Waals surface area contributed by atoms with Gasteiger partial charge in [-0.2, -0.15) is 0 Å². The summed E-state index contributed by atoms with van der Waals surface area (Å²) >= 11 is 0. The van der Waals surface area contributed by atoms with E-state index < -0.39 is 12.6 Å². The summed E-state index contributed by atoms with van der Waals surface area (Å²) in [6, 6.07) is 13.2. The quantitative estimate of drug-likeness (QED) is 0.467. The van der Waals surface area contributed by atoms with Crippen LogP contribution in [0.3, 0.4) is 0 Å². The lowest BCUT2D eigenvalue weighted by Gasteiger charge is -2.13. The highest BCUT2D eigenvalue weighted by molar-refractivity contribution is 5.99. The Morgan fingerprint density at radius 1 is 0.593 bits per heavy atom. The van der Waals surface area contributed by atoms with Crippen LogP contribution in [-0.4, -0.2) is 52.6 Å². The minimum absolute atomic E-state index is 0.278. The molecule has 0 saturated heterocycles. The summed E-state index contributed by atoms with van der Waals surface area (Å²) < 4.78 is 25.6. The number of ketones is 2. The molecule has 0 aliphatic rings. The molecular formula is C20H22O7. The van der Waals surface area contributed by atoms with E-state index in [1.807, 2.05) is 0 Å². The first-order chi connectivity index (χ1) is 13.0. The molecule has 0 aliphatic carbocycles. The van der Waals surface area contributed by atoms with E-state index in [1.165, 1.54) is 28.4 Å². The van der Waals surface area contributed by atoms with Crippen LogP contribution in [0.1, 0.15) is 20.7 Å². The minimum atomic E-state index is -0.940. The smallest absolute Gasteiger partial charge is 0.222 e. The third-order valence-electron chi connectivity index (χ3n) is 3.80. The lowest BCUT2D eigenvalue weighted by atomic mass is 10.1. The van der Waals surface area contributed by atoms with Crippen LogP contribution in [0.2, 0.25) is 0 Å². The molecule has 0 N–H and O–H groups in total. The van der Waals surface area contributed by atoms with Crippen LogP contribution in [0.15, 0.2) is 48.5 Å². The number of hydrogen-bond donors (Lipinski definition) is 0. The van der Waals surface area contributed by atoms with Gasteiger partial charge in [0.25, 0.3) is 0 Å². The average molecular weight is 374 g/mol. The summed E-state index contributed by atoms with van der Waals surface area (Å²) in [7, 11) is 5.61. The SMILES string of the molecule is COC(OC)C(=O)c1ccc(Oc2ccc(C(=O)C(OC)OC)cc2)cc1. The van der Waals surface area contributed by atoms with Gasteiger partial charge in [0.05, 0.1) is 0 Å². The number of Topliss-reactive ketones (excluding diaryl/α,β-unsaturated/α-hetero) is 2. The highest BCUT2D eigenvalue weighted by Gasteiger charge is 2.20. The molecule has 0 bridgehead atoms. The summed E-state index contributed by atoms with van der Waals surface area (Å²) in [5, 5.41) is 0. The molecule has 2 rings (SSSR count). The third-order valence-corrected chi connectivity index (χ3v) is 3.80. The van der Waals surface area contributed by atoms with Gasteiger partial charge >= 0.3 is 0 Å². The van der Waals surface area contributed by atoms with Crippen molar-refractivity contribution < 1.29 is 33.3 Å². The van der Waals surface area contributed by atoms with E-state index in [9.17, 15) is 9.59 Å². The number of carbonyl (C=O) groups is 2. The Morgan fingerprint density at radius 2 is 0.889 bits per heavy atom. The monoisotopic (exact) mass is 374 g/mol. The Kier molecular flexibility index (Phi) is 7.63. The molecule has 144 valence electrons. The van der Waals surface area contributed by atoms with Crippen LogP contribution in [0.25, 0.3) is 0 Å². The van der Waals surface area contributed by atoms with E-state index in [0.29, 0.717) is 22.6 Å². The second kappa shape index (κ2) is 9.94. The van der Waals surface area contributed by atoms with Crippen molar-refractivity contribution in [3.8, 4) is 11.5 Å². The predicted octanol–water partition coefficient (Wildman–Crippen LogP) is 3.08. The Labute approximate surface area is 157 Å². The molecule has 0 aromatic heterocycles. The number of ether oxygens (including phenoxy) is 5. The molecule has 0 unspecified atom stereocenters. The molecule has 7 nitrogen and oxygen atoms in total. The van der Waals surface area contributed by atoms with E-state index in [0.717, 1.165) is 0 Å². The van der Waals surface area contributed by atoms with Gasteiger partial charge in [0, 0.05) is 39.6 Å². The Bertz CT molecular complexity index is 679. The first-order valence-electron chi connectivity index (χ1n) is 8.11. The predicted molar refractivity (Wildman–Crippen MR) is 97.2 cm³/mol. The summed E-state index contributed by atoms with van der Waals surface area (Å²) in [6.07, 6.45) is -1.88. The van der Waals surface area contributed by atoms with Crippen LogP contribution in [0, 0.1) is 0 Å². The lowest BCUT2D eigenvalue weighted by molar-refractivity contribution is -0.0742. The summed E-state index contributed by atoms with van der Waals surface area (Å²) in [4.78, 5) is 24.3.